The van der Waals surface area contributed by atoms with E-state index < -0.39 is 0 Å². The quantitative estimate of drug-likeness (QED) is 0.769. The van der Waals surface area contributed by atoms with Crippen LogP contribution in [0.3, 0.4) is 0 Å². The molecule has 3 heterocycles. The number of fused-ring (bicyclic) bond motifs is 1. The molecule has 1 aromatic carbocycles. The molecule has 1 aliphatic heterocycles. The summed E-state index contributed by atoms with van der Waals surface area (Å²) in [6.07, 6.45) is 2.48. The molecule has 0 bridgehead atoms. The van der Waals surface area contributed by atoms with E-state index in [1.165, 1.54) is 0 Å². The molecule has 138 valence electrons. The smallest absolute Gasteiger partial charge is 0.256 e. The fraction of sp³-hybridized carbons (Fsp3) is 0.286. The normalized spacial score (nSPS) is 15.3. The number of hydrogen-bond donors (Lipinski definition) is 1. The molecule has 1 aliphatic rings. The van der Waals surface area contributed by atoms with E-state index in [9.17, 15) is 4.79 Å². The molecular formula is C21H21N3O3. The molecule has 0 saturated heterocycles. The Morgan fingerprint density at radius 2 is 2.07 bits per heavy atom. The van der Waals surface area contributed by atoms with Gasteiger partial charge < -0.3 is 14.6 Å². The van der Waals surface area contributed by atoms with Gasteiger partial charge in [0.2, 0.25) is 0 Å². The van der Waals surface area contributed by atoms with Crippen LogP contribution in [-0.4, -0.2) is 28.7 Å². The van der Waals surface area contributed by atoms with Crippen LogP contribution < -0.4 is 10.1 Å². The second-order valence-corrected chi connectivity index (χ2v) is 6.87. The summed E-state index contributed by atoms with van der Waals surface area (Å²) in [7, 11) is 0. The second kappa shape index (κ2) is 6.87. The van der Waals surface area contributed by atoms with Crippen molar-refractivity contribution in [3.63, 3.8) is 0 Å². The van der Waals surface area contributed by atoms with Crippen LogP contribution in [0.25, 0.3) is 11.3 Å². The molecular weight excluding hydrogens is 342 g/mol. The number of aromatic nitrogens is 2. The predicted molar refractivity (Wildman–Crippen MR) is 101 cm³/mol. The summed E-state index contributed by atoms with van der Waals surface area (Å²) in [5.74, 6) is 1.19. The summed E-state index contributed by atoms with van der Waals surface area (Å²) < 4.78 is 11.2. The third kappa shape index (κ3) is 3.30. The number of ether oxygens (including phenoxy) is 1. The Hall–Kier alpha value is -3.15. The fourth-order valence-electron chi connectivity index (χ4n) is 3.38. The Balaban J connectivity index is 1.48. The van der Waals surface area contributed by atoms with Gasteiger partial charge in [0, 0.05) is 18.2 Å². The maximum Gasteiger partial charge on any atom is 0.256 e. The van der Waals surface area contributed by atoms with Gasteiger partial charge in [0.1, 0.15) is 23.2 Å². The molecule has 0 spiro atoms. The number of para-hydroxylation sites is 1. The van der Waals surface area contributed by atoms with Crippen molar-refractivity contribution < 1.29 is 14.1 Å². The Morgan fingerprint density at radius 1 is 1.22 bits per heavy atom. The number of amides is 1. The van der Waals surface area contributed by atoms with E-state index >= 15 is 0 Å². The zero-order valence-corrected chi connectivity index (χ0v) is 15.6. The second-order valence-electron chi connectivity index (χ2n) is 6.87. The minimum atomic E-state index is -0.189. The van der Waals surface area contributed by atoms with Crippen LogP contribution in [0.1, 0.15) is 32.9 Å². The monoisotopic (exact) mass is 363 g/mol. The van der Waals surface area contributed by atoms with Crippen molar-refractivity contribution in [2.75, 3.05) is 6.54 Å². The molecule has 2 aromatic heterocycles. The molecule has 6 nitrogen and oxygen atoms in total. The largest absolute Gasteiger partial charge is 0.487 e. The average Bonchev–Trinajstić information content (AvgIpc) is 3.23. The van der Waals surface area contributed by atoms with Crippen molar-refractivity contribution in [3.8, 4) is 17.0 Å². The number of carbonyl (C=O) groups excluding carboxylic acids is 1. The highest BCUT2D eigenvalue weighted by Gasteiger charge is 2.27. The summed E-state index contributed by atoms with van der Waals surface area (Å²) >= 11 is 0. The number of benzene rings is 1. The SMILES string of the molecule is Cc1ccc(-c2cccc3c2O[C@H](CNC(=O)c2c(C)noc2C)C3)nc1. The van der Waals surface area contributed by atoms with Gasteiger partial charge in [0.15, 0.2) is 0 Å². The van der Waals surface area contributed by atoms with Crippen LogP contribution >= 0.6 is 0 Å². The topological polar surface area (TPSA) is 77.2 Å². The summed E-state index contributed by atoms with van der Waals surface area (Å²) in [4.78, 5) is 16.9. The molecule has 0 fully saturated rings. The summed E-state index contributed by atoms with van der Waals surface area (Å²) in [5, 5.41) is 6.76. The first-order valence-electron chi connectivity index (χ1n) is 8.95. The molecule has 1 amide bonds. The molecule has 6 heteroatoms. The summed E-state index contributed by atoms with van der Waals surface area (Å²) in [6.45, 7) is 5.92. The van der Waals surface area contributed by atoms with Gasteiger partial charge in [-0.1, -0.05) is 23.4 Å². The molecule has 0 unspecified atom stereocenters. The highest BCUT2D eigenvalue weighted by atomic mass is 16.5. The first-order valence-corrected chi connectivity index (χ1v) is 8.95. The van der Waals surface area contributed by atoms with Crippen molar-refractivity contribution in [2.24, 2.45) is 0 Å². The van der Waals surface area contributed by atoms with E-state index in [-0.39, 0.29) is 12.0 Å². The lowest BCUT2D eigenvalue weighted by Crippen LogP contribution is -2.34. The van der Waals surface area contributed by atoms with Crippen molar-refractivity contribution in [1.29, 1.82) is 0 Å². The molecule has 3 aromatic rings. The Labute approximate surface area is 157 Å². The van der Waals surface area contributed by atoms with Crippen molar-refractivity contribution in [3.05, 3.63) is 64.7 Å². The van der Waals surface area contributed by atoms with Crippen molar-refractivity contribution >= 4 is 5.91 Å². The predicted octanol–water partition coefficient (Wildman–Crippen LogP) is 3.40. The molecule has 1 atom stereocenters. The number of nitrogens with one attached hydrogen (secondary N) is 1. The van der Waals surface area contributed by atoms with Gasteiger partial charge in [-0.3, -0.25) is 9.78 Å². The molecule has 0 radical (unpaired) electrons. The number of hydrogen-bond acceptors (Lipinski definition) is 5. The average molecular weight is 363 g/mol. The first-order chi connectivity index (χ1) is 13.0. The minimum Gasteiger partial charge on any atom is -0.487 e. The Morgan fingerprint density at radius 3 is 2.78 bits per heavy atom. The first kappa shape index (κ1) is 17.3. The standard InChI is InChI=1S/C21H21N3O3/c1-12-7-8-18(22-10-12)17-6-4-5-15-9-16(26-20(15)17)11-23-21(25)19-13(2)24-27-14(19)3/h4-8,10,16H,9,11H2,1-3H3,(H,23,25)/t16-/m0/s1. The Kier molecular flexibility index (Phi) is 4.39. The number of nitrogens with zero attached hydrogens (tertiary/aromatic N) is 2. The third-order valence-corrected chi connectivity index (χ3v) is 4.77. The molecule has 4 rings (SSSR count). The van der Waals surface area contributed by atoms with Gasteiger partial charge in [0.25, 0.3) is 5.91 Å². The van der Waals surface area contributed by atoms with Crippen LogP contribution in [0.5, 0.6) is 5.75 Å². The molecule has 0 aliphatic carbocycles. The maximum atomic E-state index is 12.4. The van der Waals surface area contributed by atoms with Crippen LogP contribution in [0.15, 0.2) is 41.1 Å². The van der Waals surface area contributed by atoms with Gasteiger partial charge >= 0.3 is 0 Å². The highest BCUT2D eigenvalue weighted by molar-refractivity contribution is 5.96. The zero-order valence-electron chi connectivity index (χ0n) is 15.6. The maximum absolute atomic E-state index is 12.4. The van der Waals surface area contributed by atoms with Crippen LogP contribution in [0, 0.1) is 20.8 Å². The minimum absolute atomic E-state index is 0.115. The van der Waals surface area contributed by atoms with E-state index in [0.717, 1.165) is 34.6 Å². The van der Waals surface area contributed by atoms with Gasteiger partial charge in [-0.2, -0.15) is 0 Å². The van der Waals surface area contributed by atoms with E-state index in [1.54, 1.807) is 13.8 Å². The van der Waals surface area contributed by atoms with Gasteiger partial charge in [-0.15, -0.1) is 0 Å². The Bertz CT molecular complexity index is 973. The van der Waals surface area contributed by atoms with Gasteiger partial charge in [0.05, 0.1) is 17.9 Å². The van der Waals surface area contributed by atoms with Crippen LogP contribution in [-0.2, 0) is 6.42 Å². The molecule has 27 heavy (non-hydrogen) atoms. The van der Waals surface area contributed by atoms with Gasteiger partial charge in [-0.25, -0.2) is 0 Å². The third-order valence-electron chi connectivity index (χ3n) is 4.77. The van der Waals surface area contributed by atoms with Crippen molar-refractivity contribution in [2.45, 2.75) is 33.3 Å². The summed E-state index contributed by atoms with van der Waals surface area (Å²) in [6, 6.07) is 10.1. The van der Waals surface area contributed by atoms with Crippen LogP contribution in [0.2, 0.25) is 0 Å². The zero-order chi connectivity index (χ0) is 19.0. The van der Waals surface area contributed by atoms with E-state index in [4.69, 9.17) is 9.26 Å². The van der Waals surface area contributed by atoms with Crippen LogP contribution in [0.4, 0.5) is 0 Å². The number of rotatable bonds is 4. The number of carbonyl (C=O) groups is 1. The lowest BCUT2D eigenvalue weighted by atomic mass is 10.0. The lowest BCUT2D eigenvalue weighted by Gasteiger charge is -2.13. The van der Waals surface area contributed by atoms with E-state index in [0.29, 0.717) is 23.6 Å². The van der Waals surface area contributed by atoms with Crippen molar-refractivity contribution in [1.82, 2.24) is 15.5 Å². The lowest BCUT2D eigenvalue weighted by molar-refractivity contribution is 0.0931. The highest BCUT2D eigenvalue weighted by Crippen LogP contribution is 2.37. The summed E-state index contributed by atoms with van der Waals surface area (Å²) in [5.41, 5.74) is 5.20. The fourth-order valence-corrected chi connectivity index (χ4v) is 3.38. The molecule has 1 N–H and O–H groups in total. The van der Waals surface area contributed by atoms with E-state index in [1.807, 2.05) is 37.4 Å². The number of pyridine rings is 1. The van der Waals surface area contributed by atoms with Gasteiger partial charge in [-0.05, 0) is 44.0 Å². The molecule has 0 saturated carbocycles. The van der Waals surface area contributed by atoms with E-state index in [2.05, 4.69) is 21.5 Å². The number of aryl methyl sites for hydroxylation is 3.